The minimum Gasteiger partial charge on any atom is -0.393 e. The first kappa shape index (κ1) is 14.0. The molecule has 0 saturated carbocycles. The second-order valence-corrected chi connectivity index (χ2v) is 6.31. The molecule has 1 saturated heterocycles. The predicted octanol–water partition coefficient (Wildman–Crippen LogP) is 3.64. The Bertz CT molecular complexity index is 304. The SMILES string of the molecule is OC(CCCCC1CCOCC1)Cc1cccs1. The fraction of sp³-hybridized carbons (Fsp3) is 0.733. The number of hydrogen-bond acceptors (Lipinski definition) is 3. The molecule has 1 aliphatic heterocycles. The van der Waals surface area contributed by atoms with Gasteiger partial charge in [0.05, 0.1) is 6.10 Å². The van der Waals surface area contributed by atoms with E-state index in [4.69, 9.17) is 4.74 Å². The van der Waals surface area contributed by atoms with Crippen molar-refractivity contribution in [1.82, 2.24) is 0 Å². The van der Waals surface area contributed by atoms with Crippen molar-refractivity contribution in [2.24, 2.45) is 5.92 Å². The van der Waals surface area contributed by atoms with Crippen molar-refractivity contribution in [2.45, 2.75) is 51.0 Å². The molecule has 0 bridgehead atoms. The Hall–Kier alpha value is -0.380. The van der Waals surface area contributed by atoms with Gasteiger partial charge in [-0.1, -0.05) is 25.3 Å². The molecule has 2 rings (SSSR count). The minimum atomic E-state index is -0.154. The molecular formula is C15H24O2S. The van der Waals surface area contributed by atoms with Gasteiger partial charge in [-0.2, -0.15) is 0 Å². The van der Waals surface area contributed by atoms with E-state index in [1.165, 1.54) is 30.6 Å². The molecule has 3 heteroatoms. The first-order valence-electron chi connectivity index (χ1n) is 7.13. The van der Waals surface area contributed by atoms with Gasteiger partial charge in [0.15, 0.2) is 0 Å². The molecule has 1 N–H and O–H groups in total. The normalized spacial score (nSPS) is 18.9. The van der Waals surface area contributed by atoms with Crippen molar-refractivity contribution >= 4 is 11.3 Å². The van der Waals surface area contributed by atoms with Gasteiger partial charge in [-0.25, -0.2) is 0 Å². The van der Waals surface area contributed by atoms with Crippen LogP contribution in [0.3, 0.4) is 0 Å². The summed E-state index contributed by atoms with van der Waals surface area (Å²) >= 11 is 1.74. The van der Waals surface area contributed by atoms with E-state index >= 15 is 0 Å². The highest BCUT2D eigenvalue weighted by molar-refractivity contribution is 7.09. The average Bonchev–Trinajstić information content (AvgIpc) is 2.89. The van der Waals surface area contributed by atoms with Gasteiger partial charge >= 0.3 is 0 Å². The minimum absolute atomic E-state index is 0.154. The summed E-state index contributed by atoms with van der Waals surface area (Å²) in [5.74, 6) is 0.869. The van der Waals surface area contributed by atoms with Gasteiger partial charge < -0.3 is 9.84 Å². The van der Waals surface area contributed by atoms with Crippen LogP contribution in [0, 0.1) is 5.92 Å². The van der Waals surface area contributed by atoms with E-state index in [-0.39, 0.29) is 6.10 Å². The largest absolute Gasteiger partial charge is 0.393 e. The molecule has 1 aliphatic rings. The third-order valence-electron chi connectivity index (χ3n) is 3.76. The molecule has 0 radical (unpaired) electrons. The zero-order valence-corrected chi connectivity index (χ0v) is 11.8. The Kier molecular flexibility index (Phi) is 6.18. The molecule has 2 nitrogen and oxygen atoms in total. The van der Waals surface area contributed by atoms with E-state index in [0.717, 1.165) is 38.4 Å². The molecule has 1 aromatic heterocycles. The summed E-state index contributed by atoms with van der Waals surface area (Å²) in [4.78, 5) is 1.30. The van der Waals surface area contributed by atoms with Gasteiger partial charge in [0.2, 0.25) is 0 Å². The Morgan fingerprint density at radius 2 is 2.17 bits per heavy atom. The molecule has 102 valence electrons. The van der Waals surface area contributed by atoms with Gasteiger partial charge in [-0.15, -0.1) is 11.3 Å². The molecule has 1 fully saturated rings. The fourth-order valence-electron chi connectivity index (χ4n) is 2.61. The first-order valence-corrected chi connectivity index (χ1v) is 8.01. The Labute approximate surface area is 114 Å². The van der Waals surface area contributed by atoms with E-state index < -0.39 is 0 Å². The molecule has 2 heterocycles. The highest BCUT2D eigenvalue weighted by atomic mass is 32.1. The maximum absolute atomic E-state index is 9.94. The predicted molar refractivity (Wildman–Crippen MR) is 76.0 cm³/mol. The van der Waals surface area contributed by atoms with Crippen LogP contribution in [0.25, 0.3) is 0 Å². The number of hydrogen-bond donors (Lipinski definition) is 1. The third kappa shape index (κ3) is 5.09. The van der Waals surface area contributed by atoms with Crippen LogP contribution in [0.1, 0.15) is 43.4 Å². The number of aliphatic hydroxyl groups is 1. The summed E-state index contributed by atoms with van der Waals surface area (Å²) in [6, 6.07) is 4.16. The molecular weight excluding hydrogens is 244 g/mol. The van der Waals surface area contributed by atoms with E-state index in [2.05, 4.69) is 17.5 Å². The van der Waals surface area contributed by atoms with Crippen LogP contribution in [0.5, 0.6) is 0 Å². The topological polar surface area (TPSA) is 29.5 Å². The van der Waals surface area contributed by atoms with Crippen molar-refractivity contribution in [2.75, 3.05) is 13.2 Å². The standard InChI is InChI=1S/C15H24O2S/c16-14(12-15-6-3-11-18-15)5-2-1-4-13-7-9-17-10-8-13/h3,6,11,13-14,16H,1-2,4-5,7-10,12H2. The van der Waals surface area contributed by atoms with Gasteiger partial charge in [0.1, 0.15) is 0 Å². The van der Waals surface area contributed by atoms with Crippen LogP contribution in [-0.2, 0) is 11.2 Å². The summed E-state index contributed by atoms with van der Waals surface area (Å²) in [5, 5.41) is 12.0. The van der Waals surface area contributed by atoms with Crippen molar-refractivity contribution in [1.29, 1.82) is 0 Å². The van der Waals surface area contributed by atoms with E-state index in [1.54, 1.807) is 11.3 Å². The molecule has 0 amide bonds. The van der Waals surface area contributed by atoms with Gasteiger partial charge in [-0.05, 0) is 36.6 Å². The van der Waals surface area contributed by atoms with Crippen LogP contribution >= 0.6 is 11.3 Å². The smallest absolute Gasteiger partial charge is 0.0588 e. The Balaban J connectivity index is 1.52. The Morgan fingerprint density at radius 3 is 2.89 bits per heavy atom. The molecule has 0 aromatic carbocycles. The summed E-state index contributed by atoms with van der Waals surface area (Å²) < 4.78 is 5.36. The van der Waals surface area contributed by atoms with Crippen molar-refractivity contribution in [3.8, 4) is 0 Å². The highest BCUT2D eigenvalue weighted by Gasteiger charge is 2.13. The van der Waals surface area contributed by atoms with Crippen LogP contribution < -0.4 is 0 Å². The van der Waals surface area contributed by atoms with Crippen molar-refractivity contribution in [3.05, 3.63) is 22.4 Å². The van der Waals surface area contributed by atoms with Gasteiger partial charge in [-0.3, -0.25) is 0 Å². The maximum Gasteiger partial charge on any atom is 0.0588 e. The van der Waals surface area contributed by atoms with E-state index in [0.29, 0.717) is 0 Å². The van der Waals surface area contributed by atoms with Crippen LogP contribution in [0.15, 0.2) is 17.5 Å². The van der Waals surface area contributed by atoms with E-state index in [1.807, 2.05) is 0 Å². The monoisotopic (exact) mass is 268 g/mol. The molecule has 18 heavy (non-hydrogen) atoms. The van der Waals surface area contributed by atoms with E-state index in [9.17, 15) is 5.11 Å². The number of unbranched alkanes of at least 4 members (excludes halogenated alkanes) is 1. The van der Waals surface area contributed by atoms with Crippen LogP contribution in [0.4, 0.5) is 0 Å². The number of ether oxygens (including phenoxy) is 1. The quantitative estimate of drug-likeness (QED) is 0.765. The number of aliphatic hydroxyl groups excluding tert-OH is 1. The summed E-state index contributed by atoms with van der Waals surface area (Å²) in [6.07, 6.45) is 7.81. The molecule has 1 aromatic rings. The fourth-order valence-corrected chi connectivity index (χ4v) is 3.39. The molecule has 0 aliphatic carbocycles. The lowest BCUT2D eigenvalue weighted by Gasteiger charge is -2.21. The van der Waals surface area contributed by atoms with Gasteiger partial charge in [0.25, 0.3) is 0 Å². The lowest BCUT2D eigenvalue weighted by Crippen LogP contribution is -2.15. The van der Waals surface area contributed by atoms with Crippen molar-refractivity contribution in [3.63, 3.8) is 0 Å². The summed E-state index contributed by atoms with van der Waals surface area (Å²) in [7, 11) is 0. The maximum atomic E-state index is 9.94. The zero-order valence-electron chi connectivity index (χ0n) is 11.0. The lowest BCUT2D eigenvalue weighted by molar-refractivity contribution is 0.0626. The highest BCUT2D eigenvalue weighted by Crippen LogP contribution is 2.22. The number of thiophene rings is 1. The molecule has 0 spiro atoms. The third-order valence-corrected chi connectivity index (χ3v) is 4.66. The second kappa shape index (κ2) is 7.93. The lowest BCUT2D eigenvalue weighted by atomic mass is 9.93. The first-order chi connectivity index (χ1) is 8.84. The van der Waals surface area contributed by atoms with Crippen molar-refractivity contribution < 1.29 is 9.84 Å². The Morgan fingerprint density at radius 1 is 1.33 bits per heavy atom. The van der Waals surface area contributed by atoms with Crippen LogP contribution in [0.2, 0.25) is 0 Å². The van der Waals surface area contributed by atoms with Gasteiger partial charge in [0, 0.05) is 24.5 Å². The average molecular weight is 268 g/mol. The summed E-state index contributed by atoms with van der Waals surface area (Å²) in [6.45, 7) is 1.90. The second-order valence-electron chi connectivity index (χ2n) is 5.28. The van der Waals surface area contributed by atoms with Crippen LogP contribution in [-0.4, -0.2) is 24.4 Å². The number of rotatable bonds is 7. The zero-order chi connectivity index (χ0) is 12.6. The summed E-state index contributed by atoms with van der Waals surface area (Å²) in [5.41, 5.74) is 0. The molecule has 1 unspecified atom stereocenters. The molecule has 1 atom stereocenters.